The fourth-order valence-corrected chi connectivity index (χ4v) is 3.47. The van der Waals surface area contributed by atoms with Gasteiger partial charge in [-0.3, -0.25) is 0 Å². The number of rotatable bonds is 5. The van der Waals surface area contributed by atoms with Crippen molar-refractivity contribution in [2.75, 3.05) is 0 Å². The topological polar surface area (TPSA) is 82.5 Å². The van der Waals surface area contributed by atoms with E-state index >= 15 is 0 Å². The Morgan fingerprint density at radius 2 is 1.93 bits per heavy atom. The normalized spacial score (nSPS) is 11.1. The van der Waals surface area contributed by atoms with E-state index in [0.29, 0.717) is 27.6 Å². The molecule has 2 aromatic heterocycles. The highest BCUT2D eigenvalue weighted by Crippen LogP contribution is 2.25. The molecule has 0 aliphatic carbocycles. The summed E-state index contributed by atoms with van der Waals surface area (Å²) in [5.74, 6) is 1.51. The summed E-state index contributed by atoms with van der Waals surface area (Å²) in [6.45, 7) is 4.09. The van der Waals surface area contributed by atoms with Crippen LogP contribution in [0.2, 0.25) is 5.02 Å². The van der Waals surface area contributed by atoms with Crippen LogP contribution in [-0.2, 0) is 5.75 Å². The number of halogens is 1. The van der Waals surface area contributed by atoms with Crippen LogP contribution in [0.4, 0.5) is 0 Å². The van der Waals surface area contributed by atoms with Crippen LogP contribution in [0.5, 0.6) is 0 Å². The summed E-state index contributed by atoms with van der Waals surface area (Å²) in [5, 5.41) is 17.4. The Labute approximate surface area is 164 Å². The third-order valence-corrected chi connectivity index (χ3v) is 5.08. The third-order valence-electron chi connectivity index (χ3n) is 3.91. The summed E-state index contributed by atoms with van der Waals surface area (Å²) >= 11 is 7.35. The van der Waals surface area contributed by atoms with E-state index in [2.05, 4.69) is 38.7 Å². The Bertz CT molecular complexity index is 1080. The standard InChI is InChI=1S/C18H15ClN6OS/c1-11-3-8-15(12(2)9-11)25-18(21-23-24-25)27-10-16-20-17(26-22-16)13-4-6-14(19)7-5-13/h3-9H,10H2,1-2H3. The molecule has 0 amide bonds. The Morgan fingerprint density at radius 3 is 2.70 bits per heavy atom. The molecule has 0 unspecified atom stereocenters. The molecule has 27 heavy (non-hydrogen) atoms. The van der Waals surface area contributed by atoms with Gasteiger partial charge in [-0.1, -0.05) is 46.2 Å². The van der Waals surface area contributed by atoms with Gasteiger partial charge in [0.05, 0.1) is 11.4 Å². The van der Waals surface area contributed by atoms with E-state index in [1.165, 1.54) is 17.3 Å². The minimum atomic E-state index is 0.455. The molecule has 0 fully saturated rings. The van der Waals surface area contributed by atoms with Crippen LogP contribution in [0, 0.1) is 13.8 Å². The van der Waals surface area contributed by atoms with Gasteiger partial charge in [-0.25, -0.2) is 0 Å². The predicted molar refractivity (Wildman–Crippen MR) is 103 cm³/mol. The summed E-state index contributed by atoms with van der Waals surface area (Å²) in [7, 11) is 0. The predicted octanol–water partition coefficient (Wildman–Crippen LogP) is 4.27. The Morgan fingerprint density at radius 1 is 1.11 bits per heavy atom. The van der Waals surface area contributed by atoms with E-state index in [0.717, 1.165) is 16.8 Å². The van der Waals surface area contributed by atoms with E-state index < -0.39 is 0 Å². The van der Waals surface area contributed by atoms with Crippen molar-refractivity contribution in [2.24, 2.45) is 0 Å². The van der Waals surface area contributed by atoms with Crippen molar-refractivity contribution in [3.63, 3.8) is 0 Å². The SMILES string of the molecule is Cc1ccc(-n2nnnc2SCc2noc(-c3ccc(Cl)cc3)n2)c(C)c1. The third kappa shape index (κ3) is 3.86. The van der Waals surface area contributed by atoms with Gasteiger partial charge < -0.3 is 4.52 Å². The van der Waals surface area contributed by atoms with Gasteiger partial charge in [0, 0.05) is 10.6 Å². The number of nitrogens with zero attached hydrogens (tertiary/aromatic N) is 6. The van der Waals surface area contributed by atoms with Crippen LogP contribution in [0.15, 0.2) is 52.1 Å². The maximum Gasteiger partial charge on any atom is 0.257 e. The van der Waals surface area contributed by atoms with Gasteiger partial charge in [0.15, 0.2) is 5.82 Å². The van der Waals surface area contributed by atoms with Crippen LogP contribution >= 0.6 is 23.4 Å². The number of hydrogen-bond donors (Lipinski definition) is 0. The van der Waals surface area contributed by atoms with Crippen LogP contribution in [0.3, 0.4) is 0 Å². The molecule has 136 valence electrons. The van der Waals surface area contributed by atoms with Crippen molar-refractivity contribution in [1.82, 2.24) is 30.3 Å². The molecule has 0 saturated heterocycles. The Kier molecular flexibility index (Phi) is 4.91. The second-order valence-electron chi connectivity index (χ2n) is 5.97. The molecule has 0 aliphatic heterocycles. The number of benzene rings is 2. The minimum Gasteiger partial charge on any atom is -0.334 e. The molecule has 9 heteroatoms. The molecule has 7 nitrogen and oxygen atoms in total. The summed E-state index contributed by atoms with van der Waals surface area (Å²) in [4.78, 5) is 4.42. The number of thioether (sulfide) groups is 1. The van der Waals surface area contributed by atoms with Gasteiger partial charge in [-0.05, 0) is 60.2 Å². The van der Waals surface area contributed by atoms with Gasteiger partial charge in [0.25, 0.3) is 5.89 Å². The number of hydrogen-bond acceptors (Lipinski definition) is 7. The van der Waals surface area contributed by atoms with Gasteiger partial charge in [-0.2, -0.15) is 9.67 Å². The lowest BCUT2D eigenvalue weighted by molar-refractivity contribution is 0.425. The molecule has 0 atom stereocenters. The van der Waals surface area contributed by atoms with Crippen molar-refractivity contribution in [1.29, 1.82) is 0 Å². The molecule has 0 radical (unpaired) electrons. The number of aryl methyl sites for hydroxylation is 2. The monoisotopic (exact) mass is 398 g/mol. The first-order chi connectivity index (χ1) is 13.1. The smallest absolute Gasteiger partial charge is 0.257 e. The van der Waals surface area contributed by atoms with Crippen LogP contribution in [0.1, 0.15) is 17.0 Å². The zero-order valence-electron chi connectivity index (χ0n) is 14.6. The molecule has 2 aromatic carbocycles. The first-order valence-corrected chi connectivity index (χ1v) is 9.54. The van der Waals surface area contributed by atoms with Crippen molar-refractivity contribution in [2.45, 2.75) is 24.8 Å². The maximum atomic E-state index is 5.91. The fourth-order valence-electron chi connectivity index (χ4n) is 2.61. The Hall–Kier alpha value is -2.71. The lowest BCUT2D eigenvalue weighted by Gasteiger charge is -2.07. The van der Waals surface area contributed by atoms with E-state index in [1.54, 1.807) is 16.8 Å². The second kappa shape index (κ2) is 7.50. The number of aromatic nitrogens is 6. The fraction of sp³-hybridized carbons (Fsp3) is 0.167. The van der Waals surface area contributed by atoms with Crippen molar-refractivity contribution in [3.05, 3.63) is 64.4 Å². The van der Waals surface area contributed by atoms with Gasteiger partial charge in [0.1, 0.15) is 0 Å². The molecule has 0 saturated carbocycles. The average Bonchev–Trinajstić information content (AvgIpc) is 3.30. The van der Waals surface area contributed by atoms with E-state index in [-0.39, 0.29) is 0 Å². The zero-order chi connectivity index (χ0) is 18.8. The summed E-state index contributed by atoms with van der Waals surface area (Å²) in [6, 6.07) is 13.4. The zero-order valence-corrected chi connectivity index (χ0v) is 16.2. The molecule has 0 spiro atoms. The second-order valence-corrected chi connectivity index (χ2v) is 7.35. The Balaban J connectivity index is 1.50. The molecular formula is C18H15ClN6OS. The largest absolute Gasteiger partial charge is 0.334 e. The van der Waals surface area contributed by atoms with Gasteiger partial charge in [-0.15, -0.1) is 5.10 Å². The minimum absolute atomic E-state index is 0.455. The number of tetrazole rings is 1. The molecule has 0 aliphatic rings. The summed E-state index contributed by atoms with van der Waals surface area (Å²) < 4.78 is 7.05. The highest BCUT2D eigenvalue weighted by atomic mass is 35.5. The van der Waals surface area contributed by atoms with Crippen molar-refractivity contribution >= 4 is 23.4 Å². The molecule has 4 aromatic rings. The van der Waals surface area contributed by atoms with E-state index in [1.807, 2.05) is 31.2 Å². The molecule has 4 rings (SSSR count). The summed E-state index contributed by atoms with van der Waals surface area (Å²) in [5.41, 5.74) is 4.07. The van der Waals surface area contributed by atoms with Crippen LogP contribution in [-0.4, -0.2) is 30.3 Å². The first kappa shape index (κ1) is 17.7. The first-order valence-electron chi connectivity index (χ1n) is 8.17. The molecule has 0 N–H and O–H groups in total. The molecule has 2 heterocycles. The van der Waals surface area contributed by atoms with Gasteiger partial charge in [0.2, 0.25) is 5.16 Å². The quantitative estimate of drug-likeness (QED) is 0.464. The highest BCUT2D eigenvalue weighted by Gasteiger charge is 2.14. The lowest BCUT2D eigenvalue weighted by Crippen LogP contribution is -2.02. The molecular weight excluding hydrogens is 384 g/mol. The van der Waals surface area contributed by atoms with Crippen LogP contribution < -0.4 is 0 Å². The molecule has 0 bridgehead atoms. The van der Waals surface area contributed by atoms with Crippen LogP contribution in [0.25, 0.3) is 17.1 Å². The average molecular weight is 399 g/mol. The van der Waals surface area contributed by atoms with E-state index in [9.17, 15) is 0 Å². The van der Waals surface area contributed by atoms with Crippen molar-refractivity contribution in [3.8, 4) is 17.1 Å². The highest BCUT2D eigenvalue weighted by molar-refractivity contribution is 7.98. The summed E-state index contributed by atoms with van der Waals surface area (Å²) in [6.07, 6.45) is 0. The van der Waals surface area contributed by atoms with Gasteiger partial charge >= 0.3 is 0 Å². The maximum absolute atomic E-state index is 5.91. The van der Waals surface area contributed by atoms with E-state index in [4.69, 9.17) is 16.1 Å². The lowest BCUT2D eigenvalue weighted by atomic mass is 10.1. The van der Waals surface area contributed by atoms with Crippen molar-refractivity contribution < 1.29 is 4.52 Å².